The molecule has 2 heterocycles. The summed E-state index contributed by atoms with van der Waals surface area (Å²) in [5.74, 6) is 1.20. The molecule has 0 radical (unpaired) electrons. The first-order valence-corrected chi connectivity index (χ1v) is 3.38. The van der Waals surface area contributed by atoms with E-state index in [4.69, 9.17) is 0 Å². The Morgan fingerprint density at radius 3 is 3.00 bits per heavy atom. The average Bonchev–Trinajstić information content (AvgIpc) is 2.35. The van der Waals surface area contributed by atoms with E-state index in [2.05, 4.69) is 21.8 Å². The van der Waals surface area contributed by atoms with Crippen LogP contribution in [0.1, 0.15) is 0 Å². The van der Waals surface area contributed by atoms with E-state index in [1.165, 1.54) is 12.5 Å². The van der Waals surface area contributed by atoms with Crippen molar-refractivity contribution in [3.63, 3.8) is 0 Å². The lowest BCUT2D eigenvalue weighted by Gasteiger charge is -2.11. The van der Waals surface area contributed by atoms with Gasteiger partial charge in [0, 0.05) is 26.7 Å². The van der Waals surface area contributed by atoms with Gasteiger partial charge in [-0.25, -0.2) is 0 Å². The van der Waals surface area contributed by atoms with Crippen LogP contribution in [0.3, 0.4) is 0 Å². The Morgan fingerprint density at radius 1 is 1.33 bits per heavy atom. The third-order valence-corrected chi connectivity index (χ3v) is 1.95. The van der Waals surface area contributed by atoms with Crippen LogP contribution < -0.4 is 0 Å². The molecule has 0 saturated carbocycles. The molecule has 0 aromatic carbocycles. The maximum absolute atomic E-state index is 4.35. The Hall–Kier alpha value is -0.730. The van der Waals surface area contributed by atoms with Crippen molar-refractivity contribution in [2.45, 2.75) is 0 Å². The molecule has 0 spiro atoms. The number of nitrogens with zero attached hydrogens (tertiary/aromatic N) is 3. The normalized spacial score (nSPS) is 24.8. The van der Waals surface area contributed by atoms with Gasteiger partial charge < -0.3 is 9.80 Å². The summed E-state index contributed by atoms with van der Waals surface area (Å²) in [6.07, 6.45) is 0. The van der Waals surface area contributed by atoms with Crippen molar-refractivity contribution in [1.29, 1.82) is 0 Å². The van der Waals surface area contributed by atoms with E-state index in [0.717, 1.165) is 19.6 Å². The second-order valence-corrected chi connectivity index (χ2v) is 2.59. The fourth-order valence-electron chi connectivity index (χ4n) is 1.42. The second-order valence-electron chi connectivity index (χ2n) is 2.59. The first-order chi connectivity index (χ1) is 4.38. The van der Waals surface area contributed by atoms with E-state index >= 15 is 0 Å². The zero-order valence-electron chi connectivity index (χ0n) is 5.67. The number of hydrogen-bond acceptors (Lipinski definition) is 3. The minimum Gasteiger partial charge on any atom is -0.344 e. The third kappa shape index (κ3) is 0.605. The average molecular weight is 125 g/mol. The first-order valence-electron chi connectivity index (χ1n) is 3.38. The summed E-state index contributed by atoms with van der Waals surface area (Å²) >= 11 is 0. The lowest BCUT2D eigenvalue weighted by molar-refractivity contribution is 0.498. The minimum absolute atomic E-state index is 1.000. The lowest BCUT2D eigenvalue weighted by Crippen LogP contribution is -2.26. The quantitative estimate of drug-likeness (QED) is 0.439. The molecular weight excluding hydrogens is 114 g/mol. The molecule has 0 unspecified atom stereocenters. The largest absolute Gasteiger partial charge is 0.344 e. The van der Waals surface area contributed by atoms with Gasteiger partial charge in [-0.3, -0.25) is 4.99 Å². The second kappa shape index (κ2) is 1.62. The zero-order chi connectivity index (χ0) is 6.27. The van der Waals surface area contributed by atoms with Gasteiger partial charge in [0.15, 0.2) is 5.96 Å². The van der Waals surface area contributed by atoms with Crippen molar-refractivity contribution in [1.82, 2.24) is 9.80 Å². The molecule has 3 nitrogen and oxygen atoms in total. The van der Waals surface area contributed by atoms with E-state index in [1.807, 2.05) is 0 Å². The van der Waals surface area contributed by atoms with Crippen LogP contribution in [-0.2, 0) is 0 Å². The molecule has 0 atom stereocenters. The van der Waals surface area contributed by atoms with Gasteiger partial charge >= 0.3 is 0 Å². The van der Waals surface area contributed by atoms with Crippen molar-refractivity contribution < 1.29 is 0 Å². The van der Waals surface area contributed by atoms with Gasteiger partial charge in [0.2, 0.25) is 0 Å². The van der Waals surface area contributed by atoms with Crippen LogP contribution in [0.5, 0.6) is 0 Å². The number of aliphatic imine (C=N–C) groups is 1. The molecule has 1 saturated heterocycles. The van der Waals surface area contributed by atoms with Crippen LogP contribution in [0.4, 0.5) is 0 Å². The molecule has 9 heavy (non-hydrogen) atoms. The Balaban J connectivity index is 2.22. The van der Waals surface area contributed by atoms with E-state index in [-0.39, 0.29) is 0 Å². The predicted molar refractivity (Wildman–Crippen MR) is 36.5 cm³/mol. The number of guanidine groups is 1. The number of fused-ring (bicyclic) bond motifs is 1. The van der Waals surface area contributed by atoms with Gasteiger partial charge in [-0.2, -0.15) is 0 Å². The highest BCUT2D eigenvalue weighted by atomic mass is 15.4. The molecular formula is C6H11N3. The highest BCUT2D eigenvalue weighted by molar-refractivity contribution is 5.83. The molecule has 0 N–H and O–H groups in total. The van der Waals surface area contributed by atoms with Crippen molar-refractivity contribution >= 4 is 5.96 Å². The fourth-order valence-corrected chi connectivity index (χ4v) is 1.42. The van der Waals surface area contributed by atoms with Crippen LogP contribution in [0.15, 0.2) is 4.99 Å². The van der Waals surface area contributed by atoms with Crippen LogP contribution >= 0.6 is 0 Å². The van der Waals surface area contributed by atoms with E-state index < -0.39 is 0 Å². The third-order valence-electron chi connectivity index (χ3n) is 1.95. The van der Waals surface area contributed by atoms with Gasteiger partial charge in [-0.05, 0) is 0 Å². The number of likely N-dealkylation sites (N-methyl/N-ethyl adjacent to an activating group) is 1. The molecule has 2 aliphatic heterocycles. The molecule has 0 aromatic rings. The first kappa shape index (κ1) is 5.09. The molecule has 0 aromatic heterocycles. The summed E-state index contributed by atoms with van der Waals surface area (Å²) in [6.45, 7) is 4.47. The maximum Gasteiger partial charge on any atom is 0.196 e. The molecule has 3 heteroatoms. The molecule has 0 amide bonds. The summed E-state index contributed by atoms with van der Waals surface area (Å²) < 4.78 is 0. The smallest absolute Gasteiger partial charge is 0.196 e. The summed E-state index contributed by atoms with van der Waals surface area (Å²) in [5.41, 5.74) is 0. The van der Waals surface area contributed by atoms with Crippen LogP contribution in [0.25, 0.3) is 0 Å². The van der Waals surface area contributed by atoms with Crippen molar-refractivity contribution in [3.05, 3.63) is 0 Å². The topological polar surface area (TPSA) is 18.8 Å². The summed E-state index contributed by atoms with van der Waals surface area (Å²) in [4.78, 5) is 8.90. The van der Waals surface area contributed by atoms with Crippen LogP contribution in [0, 0.1) is 0 Å². The van der Waals surface area contributed by atoms with Crippen LogP contribution in [-0.4, -0.2) is 49.0 Å². The molecule has 0 aliphatic carbocycles. The Labute approximate surface area is 55.0 Å². The predicted octanol–water partition coefficient (Wildman–Crippen LogP) is -0.397. The Kier molecular flexibility index (Phi) is 0.917. The Bertz CT molecular complexity index is 152. The van der Waals surface area contributed by atoms with Crippen molar-refractivity contribution in [3.8, 4) is 0 Å². The summed E-state index contributed by atoms with van der Waals surface area (Å²) in [6, 6.07) is 0. The lowest BCUT2D eigenvalue weighted by atomic mass is 10.5. The van der Waals surface area contributed by atoms with Crippen molar-refractivity contribution in [2.24, 2.45) is 4.99 Å². The van der Waals surface area contributed by atoms with E-state index in [9.17, 15) is 0 Å². The van der Waals surface area contributed by atoms with Crippen molar-refractivity contribution in [2.75, 3.05) is 33.2 Å². The summed E-state index contributed by atoms with van der Waals surface area (Å²) in [5, 5.41) is 0. The molecule has 0 bridgehead atoms. The molecule has 50 valence electrons. The highest BCUT2D eigenvalue weighted by Gasteiger charge is 2.25. The standard InChI is InChI=1S/C6H11N3/c1-8-4-5-9-3-2-7-6(8)9/h2-5H2,1H3. The molecule has 1 fully saturated rings. The van der Waals surface area contributed by atoms with E-state index in [0.29, 0.717) is 0 Å². The summed E-state index contributed by atoms with van der Waals surface area (Å²) in [7, 11) is 2.10. The monoisotopic (exact) mass is 125 g/mol. The van der Waals surface area contributed by atoms with Gasteiger partial charge in [-0.15, -0.1) is 0 Å². The molecule has 2 aliphatic rings. The Morgan fingerprint density at radius 2 is 2.22 bits per heavy atom. The maximum atomic E-state index is 4.35. The SMILES string of the molecule is CN1CCN2CCN=C12. The number of rotatable bonds is 0. The van der Waals surface area contributed by atoms with Gasteiger partial charge in [-0.1, -0.05) is 0 Å². The van der Waals surface area contributed by atoms with E-state index in [1.54, 1.807) is 0 Å². The van der Waals surface area contributed by atoms with Crippen LogP contribution in [0.2, 0.25) is 0 Å². The molecule has 2 rings (SSSR count). The zero-order valence-corrected chi connectivity index (χ0v) is 5.67. The number of hydrogen-bond donors (Lipinski definition) is 0. The van der Waals surface area contributed by atoms with Gasteiger partial charge in [0.1, 0.15) is 0 Å². The highest BCUT2D eigenvalue weighted by Crippen LogP contribution is 2.10. The van der Waals surface area contributed by atoms with Gasteiger partial charge in [0.05, 0.1) is 6.54 Å². The minimum atomic E-state index is 1.000. The fraction of sp³-hybridized carbons (Fsp3) is 0.833. The van der Waals surface area contributed by atoms with Gasteiger partial charge in [0.25, 0.3) is 0 Å².